The van der Waals surface area contributed by atoms with E-state index >= 15 is 0 Å². The topological polar surface area (TPSA) is 4.93 Å². The van der Waals surface area contributed by atoms with Crippen molar-refractivity contribution in [2.24, 2.45) is 0 Å². The van der Waals surface area contributed by atoms with Gasteiger partial charge in [-0.25, -0.2) is 0 Å². The summed E-state index contributed by atoms with van der Waals surface area (Å²) in [6.45, 7) is 0. The Morgan fingerprint density at radius 2 is 0.786 bits per heavy atom. The predicted octanol–water partition coefficient (Wildman–Crippen LogP) is 11.1. The molecule has 0 fully saturated rings. The zero-order chi connectivity index (χ0) is 26.9. The fourth-order valence-electron chi connectivity index (χ4n) is 6.91. The molecule has 0 unspecified atom stereocenters. The lowest BCUT2D eigenvalue weighted by molar-refractivity contribution is 1.18. The van der Waals surface area contributed by atoms with Gasteiger partial charge in [0, 0.05) is 16.5 Å². The molecule has 9 rings (SSSR count). The Hall–Kier alpha value is -5.05. The van der Waals surface area contributed by atoms with Gasteiger partial charge in [0.15, 0.2) is 0 Å². The molecule has 0 amide bonds. The Balaban J connectivity index is 0.00000267. The fraction of sp³-hybridized carbons (Fsp3) is 0. The summed E-state index contributed by atoms with van der Waals surface area (Å²) in [5.74, 6) is 0. The minimum Gasteiger partial charge on any atom is -0.309 e. The Labute approximate surface area is 251 Å². The maximum atomic E-state index is 2.38. The van der Waals surface area contributed by atoms with Crippen molar-refractivity contribution in [3.05, 3.63) is 152 Å². The summed E-state index contributed by atoms with van der Waals surface area (Å²) in [6.07, 6.45) is 0. The number of hydrogen-bond acceptors (Lipinski definition) is 0. The highest BCUT2D eigenvalue weighted by molar-refractivity contribution is 7.59. The minimum atomic E-state index is 0. The van der Waals surface area contributed by atoms with Gasteiger partial charge in [-0.1, -0.05) is 127 Å². The van der Waals surface area contributed by atoms with Crippen LogP contribution in [0.15, 0.2) is 152 Å². The zero-order valence-electron chi connectivity index (χ0n) is 22.9. The number of rotatable bonds is 3. The third-order valence-electron chi connectivity index (χ3n) is 8.77. The van der Waals surface area contributed by atoms with Crippen LogP contribution in [0.25, 0.3) is 82.1 Å². The van der Waals surface area contributed by atoms with E-state index in [-0.39, 0.29) is 13.5 Å². The first kappa shape index (κ1) is 24.7. The molecule has 198 valence electrons. The Bertz CT molecular complexity index is 2350. The molecule has 42 heavy (non-hydrogen) atoms. The van der Waals surface area contributed by atoms with Crippen LogP contribution in [0.4, 0.5) is 0 Å². The lowest BCUT2D eigenvalue weighted by Gasteiger charge is -2.17. The van der Waals surface area contributed by atoms with Crippen LogP contribution in [-0.4, -0.2) is 4.57 Å². The molecule has 0 radical (unpaired) electrons. The Morgan fingerprint density at radius 1 is 0.333 bits per heavy atom. The third-order valence-corrected chi connectivity index (χ3v) is 8.77. The second-order valence-corrected chi connectivity index (χ2v) is 10.9. The Kier molecular flexibility index (Phi) is 5.60. The van der Waals surface area contributed by atoms with Crippen molar-refractivity contribution in [3.63, 3.8) is 0 Å². The van der Waals surface area contributed by atoms with Crippen molar-refractivity contribution in [1.29, 1.82) is 0 Å². The van der Waals surface area contributed by atoms with Gasteiger partial charge >= 0.3 is 0 Å². The van der Waals surface area contributed by atoms with E-state index in [2.05, 4.69) is 156 Å². The van der Waals surface area contributed by atoms with E-state index in [0.29, 0.717) is 0 Å². The van der Waals surface area contributed by atoms with Gasteiger partial charge in [-0.05, 0) is 78.8 Å². The van der Waals surface area contributed by atoms with Crippen molar-refractivity contribution in [2.75, 3.05) is 0 Å². The van der Waals surface area contributed by atoms with Crippen molar-refractivity contribution in [2.45, 2.75) is 0 Å². The largest absolute Gasteiger partial charge is 0.309 e. The highest BCUT2D eigenvalue weighted by Crippen LogP contribution is 2.42. The van der Waals surface area contributed by atoms with Crippen molar-refractivity contribution >= 4 is 67.6 Å². The molecular formula is C40H27NS. The van der Waals surface area contributed by atoms with Crippen molar-refractivity contribution in [1.82, 2.24) is 4.57 Å². The lowest BCUT2D eigenvalue weighted by Crippen LogP contribution is -1.94. The van der Waals surface area contributed by atoms with Gasteiger partial charge in [0.2, 0.25) is 0 Å². The van der Waals surface area contributed by atoms with Gasteiger partial charge in [-0.3, -0.25) is 0 Å². The second kappa shape index (κ2) is 9.51. The van der Waals surface area contributed by atoms with E-state index in [1.165, 1.54) is 82.1 Å². The molecule has 0 atom stereocenters. The monoisotopic (exact) mass is 553 g/mol. The highest BCUT2D eigenvalue weighted by atomic mass is 32.1. The van der Waals surface area contributed by atoms with E-state index in [4.69, 9.17) is 0 Å². The van der Waals surface area contributed by atoms with E-state index in [0.717, 1.165) is 0 Å². The molecule has 0 aliphatic heterocycles. The molecule has 0 saturated carbocycles. The number of benzene rings is 8. The SMILES string of the molecule is S.c1ccc(-c2ccc3ccc4c(-c5ccc(-n6c7ccccc7c7ccccc76)cc5)ccc5ccc2c3c54)cc1. The highest BCUT2D eigenvalue weighted by Gasteiger charge is 2.16. The molecule has 2 heteroatoms. The van der Waals surface area contributed by atoms with Crippen LogP contribution < -0.4 is 0 Å². The summed E-state index contributed by atoms with van der Waals surface area (Å²) in [6, 6.07) is 55.5. The second-order valence-electron chi connectivity index (χ2n) is 10.9. The van der Waals surface area contributed by atoms with Crippen molar-refractivity contribution < 1.29 is 0 Å². The first-order valence-electron chi connectivity index (χ1n) is 14.2. The van der Waals surface area contributed by atoms with Gasteiger partial charge < -0.3 is 4.57 Å². The smallest absolute Gasteiger partial charge is 0.0541 e. The summed E-state index contributed by atoms with van der Waals surface area (Å²) in [5.41, 5.74) is 8.69. The van der Waals surface area contributed by atoms with E-state index in [1.807, 2.05) is 0 Å². The Morgan fingerprint density at radius 3 is 1.33 bits per heavy atom. The predicted molar refractivity (Wildman–Crippen MR) is 186 cm³/mol. The quantitative estimate of drug-likeness (QED) is 0.192. The van der Waals surface area contributed by atoms with Crippen molar-refractivity contribution in [3.8, 4) is 27.9 Å². The van der Waals surface area contributed by atoms with E-state index in [9.17, 15) is 0 Å². The molecule has 0 N–H and O–H groups in total. The summed E-state index contributed by atoms with van der Waals surface area (Å²) in [7, 11) is 0. The molecule has 1 nitrogen and oxygen atoms in total. The molecular weight excluding hydrogens is 527 g/mol. The lowest BCUT2D eigenvalue weighted by atomic mass is 9.87. The third kappa shape index (κ3) is 3.52. The molecule has 9 aromatic rings. The average molecular weight is 554 g/mol. The standard InChI is InChI=1S/C40H25N.H2S/c1-2-8-26(9-3-1)31-22-16-28-19-25-36-32(23-17-29-18-24-35(31)39(28)40(29)36)27-14-20-30(21-15-27)41-37-12-6-4-10-33(37)34-11-5-7-13-38(34)41;/h1-25H;1H2. The summed E-state index contributed by atoms with van der Waals surface area (Å²) >= 11 is 0. The summed E-state index contributed by atoms with van der Waals surface area (Å²) in [5, 5.41) is 10.5. The number of hydrogen-bond donors (Lipinski definition) is 0. The molecule has 0 bridgehead atoms. The van der Waals surface area contributed by atoms with Crippen LogP contribution in [0, 0.1) is 0 Å². The van der Waals surface area contributed by atoms with Gasteiger partial charge in [-0.15, -0.1) is 0 Å². The molecule has 8 aromatic carbocycles. The molecule has 0 aliphatic rings. The first-order valence-corrected chi connectivity index (χ1v) is 14.2. The number of aromatic nitrogens is 1. The average Bonchev–Trinajstić information content (AvgIpc) is 3.38. The maximum Gasteiger partial charge on any atom is 0.0541 e. The maximum absolute atomic E-state index is 2.38. The van der Waals surface area contributed by atoms with E-state index in [1.54, 1.807) is 0 Å². The summed E-state index contributed by atoms with van der Waals surface area (Å²) < 4.78 is 2.38. The van der Waals surface area contributed by atoms with Crippen LogP contribution in [0.5, 0.6) is 0 Å². The van der Waals surface area contributed by atoms with Gasteiger partial charge in [0.1, 0.15) is 0 Å². The minimum absolute atomic E-state index is 0. The number of fused-ring (bicyclic) bond motifs is 3. The van der Waals surface area contributed by atoms with Gasteiger partial charge in [0.05, 0.1) is 11.0 Å². The molecule has 0 aliphatic carbocycles. The molecule has 1 heterocycles. The van der Waals surface area contributed by atoms with Crippen LogP contribution in [0.1, 0.15) is 0 Å². The molecule has 1 aromatic heterocycles. The zero-order valence-corrected chi connectivity index (χ0v) is 23.9. The van der Waals surface area contributed by atoms with Crippen LogP contribution in [0.3, 0.4) is 0 Å². The number of nitrogens with zero attached hydrogens (tertiary/aromatic N) is 1. The van der Waals surface area contributed by atoms with Crippen LogP contribution in [-0.2, 0) is 0 Å². The first-order chi connectivity index (χ1) is 20.3. The van der Waals surface area contributed by atoms with Crippen LogP contribution >= 0.6 is 13.5 Å². The van der Waals surface area contributed by atoms with E-state index < -0.39 is 0 Å². The normalized spacial score (nSPS) is 11.6. The van der Waals surface area contributed by atoms with Crippen LogP contribution in [0.2, 0.25) is 0 Å². The fourth-order valence-corrected chi connectivity index (χ4v) is 6.91. The van der Waals surface area contributed by atoms with Gasteiger partial charge in [-0.2, -0.15) is 13.5 Å². The molecule has 0 spiro atoms. The molecule has 0 saturated heterocycles. The number of para-hydroxylation sites is 2. The summed E-state index contributed by atoms with van der Waals surface area (Å²) in [4.78, 5) is 0. The van der Waals surface area contributed by atoms with Gasteiger partial charge in [0.25, 0.3) is 0 Å².